The van der Waals surface area contributed by atoms with Crippen LogP contribution in [0.25, 0.3) is 22.0 Å². The number of halogens is 1. The van der Waals surface area contributed by atoms with Crippen LogP contribution in [0.2, 0.25) is 0 Å². The smallest absolute Gasteiger partial charge is 0.123 e. The lowest BCUT2D eigenvalue weighted by Gasteiger charge is -1.98. The first-order valence-electron chi connectivity index (χ1n) is 4.94. The summed E-state index contributed by atoms with van der Waals surface area (Å²) < 4.78 is 13.2. The Kier molecular flexibility index (Phi) is 1.96. The maximum absolute atomic E-state index is 13.2. The molecular formula is C13H8FN2. The Labute approximate surface area is 91.8 Å². The van der Waals surface area contributed by atoms with E-state index in [-0.39, 0.29) is 5.82 Å². The molecule has 1 radical (unpaired) electrons. The van der Waals surface area contributed by atoms with Gasteiger partial charge < -0.3 is 4.98 Å². The minimum atomic E-state index is -0.240. The van der Waals surface area contributed by atoms with Gasteiger partial charge in [-0.2, -0.15) is 0 Å². The number of H-pyrrole nitrogens is 1. The lowest BCUT2D eigenvalue weighted by atomic mass is 10.1. The van der Waals surface area contributed by atoms with Gasteiger partial charge in [0.2, 0.25) is 0 Å². The van der Waals surface area contributed by atoms with E-state index in [9.17, 15) is 4.39 Å². The summed E-state index contributed by atoms with van der Waals surface area (Å²) in [6.07, 6.45) is 6.46. The average molecular weight is 211 g/mol. The number of nitrogens with one attached hydrogen (secondary N) is 1. The molecule has 1 aromatic carbocycles. The second-order valence-electron chi connectivity index (χ2n) is 3.55. The summed E-state index contributed by atoms with van der Waals surface area (Å²) in [5, 5.41) is 0.839. The van der Waals surface area contributed by atoms with Crippen molar-refractivity contribution in [3.8, 4) is 11.1 Å². The second-order valence-corrected chi connectivity index (χ2v) is 3.55. The molecule has 3 heteroatoms. The Bertz CT molecular complexity index is 629. The number of pyridine rings is 1. The van der Waals surface area contributed by atoms with Crippen LogP contribution < -0.4 is 0 Å². The largest absolute Gasteiger partial charge is 0.353 e. The number of rotatable bonds is 1. The molecule has 0 amide bonds. The fraction of sp³-hybridized carbons (Fsp3) is 0. The molecule has 0 saturated carbocycles. The van der Waals surface area contributed by atoms with Crippen molar-refractivity contribution in [2.45, 2.75) is 0 Å². The maximum atomic E-state index is 13.2. The molecule has 0 unspecified atom stereocenters. The number of nitrogens with zero attached hydrogens (tertiary/aromatic N) is 1. The number of aromatic amines is 1. The topological polar surface area (TPSA) is 28.7 Å². The summed E-state index contributed by atoms with van der Waals surface area (Å²) in [4.78, 5) is 6.96. The molecule has 1 N–H and O–H groups in total. The normalized spacial score (nSPS) is 10.8. The molecule has 77 valence electrons. The van der Waals surface area contributed by atoms with Gasteiger partial charge >= 0.3 is 0 Å². The molecule has 2 heterocycles. The van der Waals surface area contributed by atoms with Crippen molar-refractivity contribution in [1.29, 1.82) is 0 Å². The zero-order valence-electron chi connectivity index (χ0n) is 8.37. The van der Waals surface area contributed by atoms with Gasteiger partial charge in [-0.1, -0.05) is 0 Å². The SMILES string of the molecule is Fc1ccc2[nH][c]c(-c3ccncc3)c2c1. The van der Waals surface area contributed by atoms with E-state index < -0.39 is 0 Å². The van der Waals surface area contributed by atoms with Crippen LogP contribution in [0.15, 0.2) is 42.7 Å². The number of fused-ring (bicyclic) bond motifs is 1. The highest BCUT2D eigenvalue weighted by molar-refractivity contribution is 5.95. The van der Waals surface area contributed by atoms with Gasteiger partial charge in [0.1, 0.15) is 5.82 Å². The van der Waals surface area contributed by atoms with Crippen LogP contribution in [0.1, 0.15) is 0 Å². The van der Waals surface area contributed by atoms with Crippen molar-refractivity contribution < 1.29 is 4.39 Å². The average Bonchev–Trinajstić information content (AvgIpc) is 2.73. The number of hydrogen-bond acceptors (Lipinski definition) is 1. The van der Waals surface area contributed by atoms with Crippen molar-refractivity contribution in [2.24, 2.45) is 0 Å². The summed E-state index contributed by atoms with van der Waals surface area (Å²) in [6, 6.07) is 8.42. The van der Waals surface area contributed by atoms with Gasteiger partial charge in [0.05, 0.1) is 6.20 Å². The maximum Gasteiger partial charge on any atom is 0.123 e. The summed E-state index contributed by atoms with van der Waals surface area (Å²) >= 11 is 0. The summed E-state index contributed by atoms with van der Waals surface area (Å²) in [5.41, 5.74) is 2.73. The van der Waals surface area contributed by atoms with E-state index in [1.165, 1.54) is 12.1 Å². The number of hydrogen-bond donors (Lipinski definition) is 1. The van der Waals surface area contributed by atoms with Crippen LogP contribution in [0, 0.1) is 12.0 Å². The van der Waals surface area contributed by atoms with Gasteiger partial charge in [-0.25, -0.2) is 4.39 Å². The standard InChI is InChI=1S/C13H8FN2/c14-10-1-2-13-11(7-10)12(8-16-13)9-3-5-15-6-4-9/h1-7,16H. The lowest BCUT2D eigenvalue weighted by molar-refractivity contribution is 0.630. The molecule has 2 aromatic heterocycles. The van der Waals surface area contributed by atoms with Crippen LogP contribution in [0.3, 0.4) is 0 Å². The molecule has 0 fully saturated rings. The molecule has 3 aromatic rings. The van der Waals surface area contributed by atoms with Gasteiger partial charge in [-0.15, -0.1) is 0 Å². The third-order valence-corrected chi connectivity index (χ3v) is 2.54. The van der Waals surface area contributed by atoms with Gasteiger partial charge in [0.15, 0.2) is 0 Å². The van der Waals surface area contributed by atoms with Crippen LogP contribution in [0.4, 0.5) is 4.39 Å². The van der Waals surface area contributed by atoms with Crippen molar-refractivity contribution >= 4 is 10.9 Å². The first kappa shape index (κ1) is 9.09. The van der Waals surface area contributed by atoms with Gasteiger partial charge in [0.25, 0.3) is 0 Å². The quantitative estimate of drug-likeness (QED) is 0.658. The van der Waals surface area contributed by atoms with Crippen molar-refractivity contribution in [1.82, 2.24) is 9.97 Å². The molecule has 0 spiro atoms. The van der Waals surface area contributed by atoms with E-state index in [0.29, 0.717) is 0 Å². The monoisotopic (exact) mass is 211 g/mol. The van der Waals surface area contributed by atoms with E-state index in [4.69, 9.17) is 0 Å². The molecule has 16 heavy (non-hydrogen) atoms. The van der Waals surface area contributed by atoms with E-state index in [0.717, 1.165) is 22.0 Å². The zero-order chi connectivity index (χ0) is 11.0. The summed E-state index contributed by atoms with van der Waals surface area (Å²) in [5.74, 6) is -0.240. The minimum absolute atomic E-state index is 0.240. The molecule has 0 aliphatic carbocycles. The van der Waals surface area contributed by atoms with E-state index in [1.54, 1.807) is 18.5 Å². The van der Waals surface area contributed by atoms with Gasteiger partial charge in [-0.3, -0.25) is 4.98 Å². The predicted molar refractivity (Wildman–Crippen MR) is 60.3 cm³/mol. The van der Waals surface area contributed by atoms with Gasteiger partial charge in [-0.05, 0) is 35.9 Å². The second kappa shape index (κ2) is 3.45. The predicted octanol–water partition coefficient (Wildman–Crippen LogP) is 3.17. The minimum Gasteiger partial charge on any atom is -0.353 e. The highest BCUT2D eigenvalue weighted by Gasteiger charge is 2.06. The van der Waals surface area contributed by atoms with Gasteiger partial charge in [0, 0.05) is 28.9 Å². The van der Waals surface area contributed by atoms with Crippen LogP contribution in [0.5, 0.6) is 0 Å². The zero-order valence-corrected chi connectivity index (χ0v) is 8.37. The number of benzene rings is 1. The molecule has 0 atom stereocenters. The molecule has 0 aliphatic rings. The fourth-order valence-corrected chi connectivity index (χ4v) is 1.78. The molecular weight excluding hydrogens is 203 g/mol. The molecule has 0 aliphatic heterocycles. The Morgan fingerprint density at radius 1 is 1.12 bits per heavy atom. The first-order chi connectivity index (χ1) is 7.84. The number of aromatic nitrogens is 2. The summed E-state index contributed by atoms with van der Waals surface area (Å²) in [6.45, 7) is 0. The van der Waals surface area contributed by atoms with Crippen LogP contribution in [-0.2, 0) is 0 Å². The molecule has 0 saturated heterocycles. The molecule has 0 bridgehead atoms. The fourth-order valence-electron chi connectivity index (χ4n) is 1.78. The van der Waals surface area contributed by atoms with E-state index >= 15 is 0 Å². The molecule has 2 nitrogen and oxygen atoms in total. The highest BCUT2D eigenvalue weighted by atomic mass is 19.1. The van der Waals surface area contributed by atoms with E-state index in [2.05, 4.69) is 16.2 Å². The van der Waals surface area contributed by atoms with Crippen molar-refractivity contribution in [2.75, 3.05) is 0 Å². The Morgan fingerprint density at radius 2 is 1.94 bits per heavy atom. The van der Waals surface area contributed by atoms with Crippen LogP contribution >= 0.6 is 0 Å². The molecule has 3 rings (SSSR count). The van der Waals surface area contributed by atoms with Crippen LogP contribution in [-0.4, -0.2) is 9.97 Å². The third-order valence-electron chi connectivity index (χ3n) is 2.54. The Morgan fingerprint density at radius 3 is 2.75 bits per heavy atom. The van der Waals surface area contributed by atoms with Crippen molar-refractivity contribution in [3.63, 3.8) is 0 Å². The first-order valence-corrected chi connectivity index (χ1v) is 4.94. The van der Waals surface area contributed by atoms with E-state index in [1.807, 2.05) is 12.1 Å². The lowest BCUT2D eigenvalue weighted by Crippen LogP contribution is -1.77. The third kappa shape index (κ3) is 1.37. The highest BCUT2D eigenvalue weighted by Crippen LogP contribution is 2.27. The Hall–Kier alpha value is -2.16. The van der Waals surface area contributed by atoms with Crippen molar-refractivity contribution in [3.05, 3.63) is 54.7 Å². The summed E-state index contributed by atoms with van der Waals surface area (Å²) in [7, 11) is 0. The Balaban J connectivity index is 2.29.